The van der Waals surface area contributed by atoms with Crippen LogP contribution in [0.25, 0.3) is 0 Å². The van der Waals surface area contributed by atoms with Gasteiger partial charge in [0.25, 0.3) is 23.4 Å². The van der Waals surface area contributed by atoms with Crippen LogP contribution in [0.3, 0.4) is 0 Å². The molecule has 2 fully saturated rings. The van der Waals surface area contributed by atoms with Crippen molar-refractivity contribution in [2.75, 3.05) is 0 Å². The summed E-state index contributed by atoms with van der Waals surface area (Å²) in [4.78, 5) is 50.0. The van der Waals surface area contributed by atoms with E-state index in [1.807, 2.05) is 0 Å². The summed E-state index contributed by atoms with van der Waals surface area (Å²) in [7, 11) is 0. The fourth-order valence-electron chi connectivity index (χ4n) is 4.31. The highest BCUT2D eigenvalue weighted by Crippen LogP contribution is 2.39. The molecular formula is C22H20FN3O5. The Morgan fingerprint density at radius 1 is 1.06 bits per heavy atom. The maximum Gasteiger partial charge on any atom is 0.273 e. The number of halogens is 1. The molecule has 2 aromatic rings. The Kier molecular flexibility index (Phi) is 5.50. The van der Waals surface area contributed by atoms with Gasteiger partial charge in [-0.3, -0.25) is 24.5 Å². The van der Waals surface area contributed by atoms with Crippen LogP contribution in [0.2, 0.25) is 0 Å². The second-order valence-electron chi connectivity index (χ2n) is 7.75. The monoisotopic (exact) mass is 425 g/mol. The van der Waals surface area contributed by atoms with E-state index in [9.17, 15) is 28.9 Å². The number of hydrazine groups is 1. The molecule has 4 rings (SSSR count). The number of hydrogen-bond donors (Lipinski definition) is 0. The summed E-state index contributed by atoms with van der Waals surface area (Å²) in [5.41, 5.74) is -0.248. The first-order valence-corrected chi connectivity index (χ1v) is 10.1. The van der Waals surface area contributed by atoms with Crippen LogP contribution in [0.5, 0.6) is 0 Å². The van der Waals surface area contributed by atoms with Gasteiger partial charge in [0.05, 0.1) is 23.3 Å². The minimum Gasteiger partial charge on any atom is -0.272 e. The maximum atomic E-state index is 14.3. The van der Waals surface area contributed by atoms with Crippen LogP contribution in [-0.2, 0) is 16.1 Å². The molecule has 160 valence electrons. The fourth-order valence-corrected chi connectivity index (χ4v) is 4.31. The summed E-state index contributed by atoms with van der Waals surface area (Å²) in [6.07, 6.45) is 2.76. The van der Waals surface area contributed by atoms with Crippen LogP contribution in [0.15, 0.2) is 48.5 Å². The number of hydrogen-bond acceptors (Lipinski definition) is 5. The number of benzene rings is 2. The average Bonchev–Trinajstić information content (AvgIpc) is 3.03. The Morgan fingerprint density at radius 2 is 1.71 bits per heavy atom. The number of non-ortho nitro benzene ring substituents is 1. The zero-order chi connectivity index (χ0) is 22.1. The fraction of sp³-hybridized carbons (Fsp3) is 0.318. The zero-order valence-electron chi connectivity index (χ0n) is 16.6. The van der Waals surface area contributed by atoms with E-state index < -0.39 is 40.3 Å². The highest BCUT2D eigenvalue weighted by molar-refractivity contribution is 6.07. The van der Waals surface area contributed by atoms with Crippen LogP contribution in [0.1, 0.15) is 41.6 Å². The normalized spacial score (nSPS) is 20.5. The quantitative estimate of drug-likeness (QED) is 0.415. The second kappa shape index (κ2) is 8.25. The first kappa shape index (κ1) is 20.6. The lowest BCUT2D eigenvalue weighted by molar-refractivity contribution is -0.384. The molecule has 0 unspecified atom stereocenters. The van der Waals surface area contributed by atoms with Crippen molar-refractivity contribution in [1.82, 2.24) is 10.0 Å². The van der Waals surface area contributed by atoms with Gasteiger partial charge >= 0.3 is 0 Å². The number of nitrogens with zero attached hydrogens (tertiary/aromatic N) is 3. The lowest BCUT2D eigenvalue weighted by Gasteiger charge is -2.30. The number of amides is 3. The van der Waals surface area contributed by atoms with Crippen molar-refractivity contribution in [3.63, 3.8) is 0 Å². The van der Waals surface area contributed by atoms with E-state index >= 15 is 0 Å². The van der Waals surface area contributed by atoms with E-state index in [0.29, 0.717) is 12.8 Å². The summed E-state index contributed by atoms with van der Waals surface area (Å²) < 4.78 is 14.3. The molecule has 8 nitrogen and oxygen atoms in total. The van der Waals surface area contributed by atoms with Crippen molar-refractivity contribution in [3.8, 4) is 0 Å². The number of carbonyl (C=O) groups is 3. The van der Waals surface area contributed by atoms with Gasteiger partial charge in [-0.05, 0) is 25.0 Å². The standard InChI is InChI=1S/C22H20FN3O5/c23-19-11-4-1-6-15(19)13-24(20(27)14-7-5-8-16(12-14)26(30)31)25-21(28)17-9-2-3-10-18(17)22(25)29/h1,4-8,11-12,17-18H,2-3,9-10,13H2/t17-,18-/m0/s1. The Labute approximate surface area is 177 Å². The first-order chi connectivity index (χ1) is 14.9. The highest BCUT2D eigenvalue weighted by atomic mass is 19.1. The SMILES string of the molecule is O=C(c1cccc([N+](=O)[O-])c1)N(Cc1ccccc1F)N1C(=O)[C@H]2CCCC[C@@H]2C1=O. The summed E-state index contributed by atoms with van der Waals surface area (Å²) in [6.45, 7) is -0.356. The van der Waals surface area contributed by atoms with Gasteiger partial charge in [0.2, 0.25) is 0 Å². The van der Waals surface area contributed by atoms with Crippen LogP contribution in [0.4, 0.5) is 10.1 Å². The predicted octanol–water partition coefficient (Wildman–Crippen LogP) is 3.47. The van der Waals surface area contributed by atoms with Gasteiger partial charge in [-0.25, -0.2) is 9.40 Å². The number of nitro groups is 1. The van der Waals surface area contributed by atoms with Gasteiger partial charge in [0.15, 0.2) is 0 Å². The largest absolute Gasteiger partial charge is 0.273 e. The van der Waals surface area contributed by atoms with Crippen LogP contribution >= 0.6 is 0 Å². The lowest BCUT2D eigenvalue weighted by Crippen LogP contribution is -2.50. The minimum absolute atomic E-state index is 0.0685. The number of rotatable bonds is 5. The molecule has 3 amide bonds. The minimum atomic E-state index is -0.785. The molecule has 0 bridgehead atoms. The molecule has 31 heavy (non-hydrogen) atoms. The molecule has 2 atom stereocenters. The Balaban J connectivity index is 1.75. The third-order valence-electron chi connectivity index (χ3n) is 5.88. The molecule has 1 aliphatic carbocycles. The molecule has 0 spiro atoms. The topological polar surface area (TPSA) is 101 Å². The Hall–Kier alpha value is -3.62. The molecular weight excluding hydrogens is 405 g/mol. The van der Waals surface area contributed by atoms with Crippen molar-refractivity contribution >= 4 is 23.4 Å². The van der Waals surface area contributed by atoms with E-state index in [-0.39, 0.29) is 23.4 Å². The zero-order valence-corrected chi connectivity index (χ0v) is 16.6. The Bertz CT molecular complexity index is 1050. The number of nitro benzene ring substituents is 1. The first-order valence-electron chi connectivity index (χ1n) is 10.1. The van der Waals surface area contributed by atoms with Crippen LogP contribution in [0, 0.1) is 27.8 Å². The molecule has 2 aliphatic rings. The van der Waals surface area contributed by atoms with Crippen molar-refractivity contribution < 1.29 is 23.7 Å². The van der Waals surface area contributed by atoms with Gasteiger partial charge in [-0.2, -0.15) is 5.01 Å². The van der Waals surface area contributed by atoms with Crippen molar-refractivity contribution in [2.24, 2.45) is 11.8 Å². The van der Waals surface area contributed by atoms with Gasteiger partial charge in [-0.1, -0.05) is 37.1 Å². The van der Waals surface area contributed by atoms with E-state index in [1.165, 1.54) is 36.4 Å². The van der Waals surface area contributed by atoms with E-state index in [1.54, 1.807) is 6.07 Å². The molecule has 0 aromatic heterocycles. The predicted molar refractivity (Wildman–Crippen MR) is 107 cm³/mol. The van der Waals surface area contributed by atoms with Gasteiger partial charge in [0.1, 0.15) is 5.82 Å². The summed E-state index contributed by atoms with van der Waals surface area (Å²) >= 11 is 0. The molecule has 1 saturated carbocycles. The number of carbonyl (C=O) groups excluding carboxylic acids is 3. The highest BCUT2D eigenvalue weighted by Gasteiger charge is 2.51. The van der Waals surface area contributed by atoms with Gasteiger partial charge in [-0.15, -0.1) is 0 Å². The van der Waals surface area contributed by atoms with Crippen molar-refractivity contribution in [2.45, 2.75) is 32.2 Å². The number of imide groups is 1. The average molecular weight is 425 g/mol. The van der Waals surface area contributed by atoms with Crippen molar-refractivity contribution in [1.29, 1.82) is 0 Å². The molecule has 2 aromatic carbocycles. The smallest absolute Gasteiger partial charge is 0.272 e. The Morgan fingerprint density at radius 3 is 2.32 bits per heavy atom. The molecule has 1 aliphatic heterocycles. The molecule has 9 heteroatoms. The van der Waals surface area contributed by atoms with Crippen LogP contribution in [-0.4, -0.2) is 32.7 Å². The summed E-state index contributed by atoms with van der Waals surface area (Å²) in [6, 6.07) is 10.8. The third kappa shape index (κ3) is 3.78. The van der Waals surface area contributed by atoms with Gasteiger partial charge in [0, 0.05) is 23.3 Å². The van der Waals surface area contributed by atoms with E-state index in [0.717, 1.165) is 28.9 Å². The van der Waals surface area contributed by atoms with E-state index in [2.05, 4.69) is 0 Å². The molecule has 0 radical (unpaired) electrons. The molecule has 1 heterocycles. The molecule has 0 N–H and O–H groups in total. The third-order valence-corrected chi connectivity index (χ3v) is 5.88. The van der Waals surface area contributed by atoms with Crippen molar-refractivity contribution in [3.05, 3.63) is 75.6 Å². The van der Waals surface area contributed by atoms with Crippen LogP contribution < -0.4 is 0 Å². The maximum absolute atomic E-state index is 14.3. The van der Waals surface area contributed by atoms with Gasteiger partial charge < -0.3 is 0 Å². The molecule has 1 saturated heterocycles. The second-order valence-corrected chi connectivity index (χ2v) is 7.75. The number of fused-ring (bicyclic) bond motifs is 1. The summed E-state index contributed by atoms with van der Waals surface area (Å²) in [5.74, 6) is -3.33. The van der Waals surface area contributed by atoms with E-state index in [4.69, 9.17) is 0 Å². The lowest BCUT2D eigenvalue weighted by atomic mass is 9.81. The summed E-state index contributed by atoms with van der Waals surface area (Å²) in [5, 5.41) is 12.9.